The van der Waals surface area contributed by atoms with Crippen molar-refractivity contribution in [2.45, 2.75) is 31.3 Å². The number of nitriles is 1. The number of hydrogen-bond acceptors (Lipinski definition) is 4. The van der Waals surface area contributed by atoms with Gasteiger partial charge < -0.3 is 9.88 Å². The van der Waals surface area contributed by atoms with Gasteiger partial charge in [0, 0.05) is 17.8 Å². The first kappa shape index (κ1) is 13.4. The van der Waals surface area contributed by atoms with Crippen LogP contribution in [0.5, 0.6) is 0 Å². The number of anilines is 1. The molecule has 1 atom stereocenters. The zero-order chi connectivity index (χ0) is 16.3. The second-order valence-electron chi connectivity index (χ2n) is 6.61. The number of fused-ring (bicyclic) bond motifs is 2. The van der Waals surface area contributed by atoms with E-state index >= 15 is 0 Å². The molecule has 6 nitrogen and oxygen atoms in total. The Bertz CT molecular complexity index is 1010. The maximum absolute atomic E-state index is 9.76. The van der Waals surface area contributed by atoms with Crippen LogP contribution in [0.3, 0.4) is 0 Å². The van der Waals surface area contributed by atoms with Gasteiger partial charge in [-0.25, -0.2) is 4.99 Å². The zero-order valence-electron chi connectivity index (χ0n) is 13.2. The summed E-state index contributed by atoms with van der Waals surface area (Å²) in [6.45, 7) is 2.06. The maximum atomic E-state index is 9.76. The van der Waals surface area contributed by atoms with Gasteiger partial charge in [-0.05, 0) is 37.5 Å². The first-order valence-electron chi connectivity index (χ1n) is 8.09. The number of hydrogen-bond donors (Lipinski definition) is 2. The van der Waals surface area contributed by atoms with Crippen LogP contribution < -0.4 is 4.90 Å². The highest BCUT2D eigenvalue weighted by atomic mass is 15.3. The van der Waals surface area contributed by atoms with Crippen LogP contribution in [0.1, 0.15) is 30.1 Å². The highest BCUT2D eigenvalue weighted by Crippen LogP contribution is 2.51. The number of aryl methyl sites for hydroxylation is 1. The minimum Gasteiger partial charge on any atom is -0.345 e. The van der Waals surface area contributed by atoms with Gasteiger partial charge in [-0.1, -0.05) is 12.1 Å². The van der Waals surface area contributed by atoms with Crippen LogP contribution in [0.25, 0.3) is 10.9 Å². The highest BCUT2D eigenvalue weighted by Gasteiger charge is 2.53. The summed E-state index contributed by atoms with van der Waals surface area (Å²) in [5.41, 5.74) is 3.65. The van der Waals surface area contributed by atoms with Crippen LogP contribution in [0, 0.1) is 18.3 Å². The van der Waals surface area contributed by atoms with Gasteiger partial charge in [-0.2, -0.15) is 10.4 Å². The molecule has 1 unspecified atom stereocenters. The van der Waals surface area contributed by atoms with Gasteiger partial charge in [0.15, 0.2) is 5.82 Å². The van der Waals surface area contributed by atoms with E-state index in [1.807, 2.05) is 18.5 Å². The summed E-state index contributed by atoms with van der Waals surface area (Å²) in [6, 6.07) is 10.6. The fourth-order valence-corrected chi connectivity index (χ4v) is 3.61. The molecule has 1 saturated carbocycles. The molecule has 2 N–H and O–H groups in total. The SMILES string of the molecule is Cc1ccc2c(C3C=Nc4[nH]ccc4N3C3(C#N)CC3)[nH]nc2c1. The third-order valence-corrected chi connectivity index (χ3v) is 5.02. The molecule has 3 heterocycles. The average Bonchev–Trinajstić information content (AvgIpc) is 3.04. The Kier molecular flexibility index (Phi) is 2.50. The third kappa shape index (κ3) is 1.69. The summed E-state index contributed by atoms with van der Waals surface area (Å²) < 4.78 is 0. The lowest BCUT2D eigenvalue weighted by atomic mass is 10.0. The summed E-state index contributed by atoms with van der Waals surface area (Å²) in [5.74, 6) is 0.812. The first-order chi connectivity index (χ1) is 11.7. The lowest BCUT2D eigenvalue weighted by Gasteiger charge is -2.36. The van der Waals surface area contributed by atoms with Crippen LogP contribution in [-0.4, -0.2) is 26.9 Å². The number of nitrogens with one attached hydrogen (secondary N) is 2. The van der Waals surface area contributed by atoms with Crippen LogP contribution >= 0.6 is 0 Å². The molecule has 0 spiro atoms. The van der Waals surface area contributed by atoms with Gasteiger partial charge in [-0.15, -0.1) is 0 Å². The van der Waals surface area contributed by atoms with Crippen molar-refractivity contribution in [1.82, 2.24) is 15.2 Å². The smallest absolute Gasteiger partial charge is 0.153 e. The van der Waals surface area contributed by atoms with E-state index in [1.54, 1.807) is 0 Å². The number of benzene rings is 1. The van der Waals surface area contributed by atoms with Crippen molar-refractivity contribution in [3.63, 3.8) is 0 Å². The van der Waals surface area contributed by atoms with Crippen molar-refractivity contribution < 1.29 is 0 Å². The minimum absolute atomic E-state index is 0.122. The Hall–Kier alpha value is -3.07. The summed E-state index contributed by atoms with van der Waals surface area (Å²) >= 11 is 0. The topological polar surface area (TPSA) is 83.9 Å². The van der Waals surface area contributed by atoms with E-state index in [1.165, 1.54) is 5.56 Å². The third-order valence-electron chi connectivity index (χ3n) is 5.02. The molecule has 2 aromatic heterocycles. The van der Waals surface area contributed by atoms with Crippen molar-refractivity contribution >= 4 is 28.6 Å². The Morgan fingerprint density at radius 2 is 2.21 bits per heavy atom. The predicted molar refractivity (Wildman–Crippen MR) is 92.6 cm³/mol. The number of rotatable bonds is 2. The molecular formula is C18H16N6. The summed E-state index contributed by atoms with van der Waals surface area (Å²) in [5, 5.41) is 18.5. The van der Waals surface area contributed by atoms with Crippen LogP contribution in [0.4, 0.5) is 11.5 Å². The lowest BCUT2D eigenvalue weighted by molar-refractivity contribution is 0.653. The number of aromatic nitrogens is 3. The Labute approximate surface area is 138 Å². The van der Waals surface area contributed by atoms with Crippen LogP contribution in [0.15, 0.2) is 35.5 Å². The number of aliphatic imine (C=N–C) groups is 1. The second kappa shape index (κ2) is 4.48. The van der Waals surface area contributed by atoms with E-state index < -0.39 is 5.54 Å². The summed E-state index contributed by atoms with van der Waals surface area (Å²) in [6.07, 6.45) is 5.54. The highest BCUT2D eigenvalue weighted by molar-refractivity contribution is 5.91. The molecular weight excluding hydrogens is 300 g/mol. The second-order valence-corrected chi connectivity index (χ2v) is 6.61. The Morgan fingerprint density at radius 3 is 3.00 bits per heavy atom. The molecule has 1 aromatic carbocycles. The van der Waals surface area contributed by atoms with E-state index in [9.17, 15) is 5.26 Å². The van der Waals surface area contributed by atoms with Gasteiger partial charge in [0.05, 0.1) is 23.0 Å². The fraction of sp³-hybridized carbons (Fsp3) is 0.278. The molecule has 0 bridgehead atoms. The molecule has 1 fully saturated rings. The van der Waals surface area contributed by atoms with Crippen molar-refractivity contribution in [2.24, 2.45) is 4.99 Å². The van der Waals surface area contributed by atoms with Crippen molar-refractivity contribution in [1.29, 1.82) is 5.26 Å². The van der Waals surface area contributed by atoms with Crippen molar-refractivity contribution in [3.05, 3.63) is 41.7 Å². The molecule has 0 saturated heterocycles. The molecule has 1 aliphatic heterocycles. The molecule has 3 aromatic rings. The van der Waals surface area contributed by atoms with Crippen LogP contribution in [-0.2, 0) is 0 Å². The molecule has 5 rings (SSSR count). The fourth-order valence-electron chi connectivity index (χ4n) is 3.61. The molecule has 118 valence electrons. The number of nitrogens with zero attached hydrogens (tertiary/aromatic N) is 4. The van der Waals surface area contributed by atoms with E-state index in [0.29, 0.717) is 0 Å². The largest absolute Gasteiger partial charge is 0.345 e. The standard InChI is InChI=1S/C18H16N6/c1-11-2-3-12-13(8-11)22-23-16(12)15-9-21-17-14(4-7-20-17)24(15)18(10-19)5-6-18/h2-4,7-9,15,20H,5-6H2,1H3,(H,22,23). The van der Waals surface area contributed by atoms with E-state index in [4.69, 9.17) is 0 Å². The lowest BCUT2D eigenvalue weighted by Crippen LogP contribution is -2.41. The first-order valence-corrected chi connectivity index (χ1v) is 8.09. The monoisotopic (exact) mass is 316 g/mol. The molecule has 6 heteroatoms. The van der Waals surface area contributed by atoms with Gasteiger partial charge in [0.25, 0.3) is 0 Å². The van der Waals surface area contributed by atoms with Gasteiger partial charge in [0.2, 0.25) is 0 Å². The maximum Gasteiger partial charge on any atom is 0.153 e. The molecule has 0 radical (unpaired) electrons. The number of H-pyrrole nitrogens is 2. The van der Waals surface area contributed by atoms with Crippen molar-refractivity contribution in [3.8, 4) is 6.07 Å². The van der Waals surface area contributed by atoms with E-state index in [2.05, 4.69) is 56.3 Å². The van der Waals surface area contributed by atoms with Crippen molar-refractivity contribution in [2.75, 3.05) is 4.90 Å². The average molecular weight is 316 g/mol. The molecule has 24 heavy (non-hydrogen) atoms. The Balaban J connectivity index is 1.70. The van der Waals surface area contributed by atoms with Gasteiger partial charge >= 0.3 is 0 Å². The summed E-state index contributed by atoms with van der Waals surface area (Å²) in [4.78, 5) is 9.90. The Morgan fingerprint density at radius 1 is 1.33 bits per heavy atom. The molecule has 0 amide bonds. The number of aromatic amines is 2. The molecule has 2 aliphatic rings. The normalized spacial score (nSPS) is 20.8. The summed E-state index contributed by atoms with van der Waals surface area (Å²) in [7, 11) is 0. The predicted octanol–water partition coefficient (Wildman–Crippen LogP) is 3.52. The van der Waals surface area contributed by atoms with E-state index in [0.717, 1.165) is 40.9 Å². The van der Waals surface area contributed by atoms with Gasteiger partial charge in [0.1, 0.15) is 11.6 Å². The van der Waals surface area contributed by atoms with Crippen LogP contribution in [0.2, 0.25) is 0 Å². The quantitative estimate of drug-likeness (QED) is 0.758. The van der Waals surface area contributed by atoms with Gasteiger partial charge in [-0.3, -0.25) is 5.10 Å². The molecule has 1 aliphatic carbocycles. The minimum atomic E-state index is -0.448. The zero-order valence-corrected chi connectivity index (χ0v) is 13.2. The van der Waals surface area contributed by atoms with E-state index in [-0.39, 0.29) is 6.04 Å².